The summed E-state index contributed by atoms with van der Waals surface area (Å²) in [5.74, 6) is 0.440. The van der Waals surface area contributed by atoms with Crippen molar-refractivity contribution >= 4 is 34.8 Å². The quantitative estimate of drug-likeness (QED) is 0.593. The minimum absolute atomic E-state index is 0.209. The Bertz CT molecular complexity index is 643. The van der Waals surface area contributed by atoms with Gasteiger partial charge in [-0.25, -0.2) is 0 Å². The molecule has 1 amide bonds. The van der Waals surface area contributed by atoms with Crippen molar-refractivity contribution in [2.75, 3.05) is 50.7 Å². The molecular weight excluding hydrogens is 395 g/mol. The number of hydrogen-bond donors (Lipinski definition) is 2. The zero-order valence-electron chi connectivity index (χ0n) is 16.7. The summed E-state index contributed by atoms with van der Waals surface area (Å²) in [7, 11) is 0. The number of hydrogen-bond acceptors (Lipinski definition) is 4. The molecule has 1 aliphatic heterocycles. The second-order valence-corrected chi connectivity index (χ2v) is 8.65. The van der Waals surface area contributed by atoms with E-state index in [2.05, 4.69) is 27.4 Å². The summed E-state index contributed by atoms with van der Waals surface area (Å²) in [5.41, 5.74) is 1.02. The minimum Gasteiger partial charge on any atom is -0.368 e. The first-order valence-electron chi connectivity index (χ1n) is 10.5. The van der Waals surface area contributed by atoms with Gasteiger partial charge in [-0.2, -0.15) is 0 Å². The maximum absolute atomic E-state index is 12.2. The lowest BCUT2D eigenvalue weighted by atomic mass is 9.79. The third-order valence-corrected chi connectivity index (χ3v) is 6.60. The summed E-state index contributed by atoms with van der Waals surface area (Å²) in [6.07, 6.45) is 4.11. The number of nitrogens with zero attached hydrogens (tertiary/aromatic N) is 2. The number of carbonyl (C=O) groups is 1. The van der Waals surface area contributed by atoms with Gasteiger partial charge in [0.2, 0.25) is 5.91 Å². The van der Waals surface area contributed by atoms with Crippen LogP contribution >= 0.6 is 23.2 Å². The third kappa shape index (κ3) is 5.76. The van der Waals surface area contributed by atoms with Crippen LogP contribution in [0.25, 0.3) is 0 Å². The Morgan fingerprint density at radius 1 is 1.14 bits per heavy atom. The largest absolute Gasteiger partial charge is 0.368 e. The van der Waals surface area contributed by atoms with Crippen LogP contribution in [-0.2, 0) is 4.79 Å². The standard InChI is InChI=1S/C21H32Cl2N4O/c1-2-7-24-17-14-16(15-17)21(28)25-8-4-9-26-10-12-27(13-11-26)19-6-3-5-18(22)20(19)23/h3,5-6,16-17,24H,2,4,7-15H2,1H3,(H,25,28). The Balaban J connectivity index is 1.28. The van der Waals surface area contributed by atoms with Crippen LogP contribution in [0, 0.1) is 5.92 Å². The molecule has 0 aromatic heterocycles. The molecule has 28 heavy (non-hydrogen) atoms. The molecule has 3 rings (SSSR count). The molecule has 1 saturated heterocycles. The van der Waals surface area contributed by atoms with E-state index in [9.17, 15) is 4.79 Å². The number of carbonyl (C=O) groups excluding carboxylic acids is 1. The van der Waals surface area contributed by atoms with Crippen LogP contribution in [0.2, 0.25) is 10.0 Å². The lowest BCUT2D eigenvalue weighted by molar-refractivity contribution is -0.128. The van der Waals surface area contributed by atoms with E-state index < -0.39 is 0 Å². The number of rotatable bonds is 9. The van der Waals surface area contributed by atoms with Crippen molar-refractivity contribution in [3.05, 3.63) is 28.2 Å². The van der Waals surface area contributed by atoms with E-state index in [1.54, 1.807) is 0 Å². The zero-order chi connectivity index (χ0) is 19.9. The van der Waals surface area contributed by atoms with Gasteiger partial charge in [-0.15, -0.1) is 0 Å². The summed E-state index contributed by atoms with van der Waals surface area (Å²) in [6, 6.07) is 6.34. The van der Waals surface area contributed by atoms with Gasteiger partial charge in [-0.1, -0.05) is 36.2 Å². The van der Waals surface area contributed by atoms with Gasteiger partial charge in [0.05, 0.1) is 15.7 Å². The van der Waals surface area contributed by atoms with Crippen molar-refractivity contribution < 1.29 is 4.79 Å². The summed E-state index contributed by atoms with van der Waals surface area (Å²) in [5, 5.41) is 7.84. The third-order valence-electron chi connectivity index (χ3n) is 5.79. The lowest BCUT2D eigenvalue weighted by Crippen LogP contribution is -2.48. The van der Waals surface area contributed by atoms with Crippen molar-refractivity contribution in [3.63, 3.8) is 0 Å². The molecule has 5 nitrogen and oxygen atoms in total. The van der Waals surface area contributed by atoms with Crippen molar-refractivity contribution in [2.24, 2.45) is 5.92 Å². The fourth-order valence-corrected chi connectivity index (χ4v) is 4.37. The van der Waals surface area contributed by atoms with Gasteiger partial charge in [0.1, 0.15) is 0 Å². The molecule has 1 aliphatic carbocycles. The molecule has 0 bridgehead atoms. The van der Waals surface area contributed by atoms with Gasteiger partial charge in [0.15, 0.2) is 0 Å². The lowest BCUT2D eigenvalue weighted by Gasteiger charge is -2.37. The first-order chi connectivity index (χ1) is 13.6. The molecule has 0 spiro atoms. The Hall–Kier alpha value is -1.01. The van der Waals surface area contributed by atoms with E-state index in [1.165, 1.54) is 0 Å². The maximum atomic E-state index is 12.2. The Morgan fingerprint density at radius 2 is 1.89 bits per heavy atom. The molecule has 1 aromatic rings. The highest BCUT2D eigenvalue weighted by Gasteiger charge is 2.33. The minimum atomic E-state index is 0.209. The van der Waals surface area contributed by atoms with E-state index in [0.717, 1.165) is 77.2 Å². The van der Waals surface area contributed by atoms with E-state index in [4.69, 9.17) is 23.2 Å². The predicted octanol–water partition coefficient (Wildman–Crippen LogP) is 3.40. The van der Waals surface area contributed by atoms with Gasteiger partial charge in [0.25, 0.3) is 0 Å². The summed E-state index contributed by atoms with van der Waals surface area (Å²) >= 11 is 12.5. The molecule has 1 heterocycles. The molecule has 0 unspecified atom stereocenters. The molecule has 2 N–H and O–H groups in total. The maximum Gasteiger partial charge on any atom is 0.223 e. The van der Waals surface area contributed by atoms with E-state index in [0.29, 0.717) is 16.1 Å². The van der Waals surface area contributed by atoms with Crippen molar-refractivity contribution in [3.8, 4) is 0 Å². The second kappa shape index (κ2) is 10.7. The summed E-state index contributed by atoms with van der Waals surface area (Å²) in [6.45, 7) is 8.90. The van der Waals surface area contributed by atoms with Crippen molar-refractivity contribution in [1.29, 1.82) is 0 Å². The first kappa shape index (κ1) is 21.7. The topological polar surface area (TPSA) is 47.6 Å². The average Bonchev–Trinajstić information content (AvgIpc) is 2.67. The molecule has 7 heteroatoms. The van der Waals surface area contributed by atoms with Crippen LogP contribution in [0.4, 0.5) is 5.69 Å². The highest BCUT2D eigenvalue weighted by Crippen LogP contribution is 2.32. The fraction of sp³-hybridized carbons (Fsp3) is 0.667. The zero-order valence-corrected chi connectivity index (χ0v) is 18.2. The van der Waals surface area contributed by atoms with Crippen LogP contribution in [0.1, 0.15) is 32.6 Å². The first-order valence-corrected chi connectivity index (χ1v) is 11.3. The molecular formula is C21H32Cl2N4O. The highest BCUT2D eigenvalue weighted by atomic mass is 35.5. The van der Waals surface area contributed by atoms with Crippen LogP contribution < -0.4 is 15.5 Å². The summed E-state index contributed by atoms with van der Waals surface area (Å²) < 4.78 is 0. The van der Waals surface area contributed by atoms with Crippen LogP contribution in [-0.4, -0.2) is 62.7 Å². The smallest absolute Gasteiger partial charge is 0.223 e. The SMILES string of the molecule is CCCNC1CC(C(=O)NCCCN2CCN(c3cccc(Cl)c3Cl)CC2)C1. The Morgan fingerprint density at radius 3 is 2.61 bits per heavy atom. The number of anilines is 1. The normalized spacial score (nSPS) is 22.8. The number of nitrogens with one attached hydrogen (secondary N) is 2. The highest BCUT2D eigenvalue weighted by molar-refractivity contribution is 6.43. The van der Waals surface area contributed by atoms with Crippen molar-refractivity contribution in [1.82, 2.24) is 15.5 Å². The summed E-state index contributed by atoms with van der Waals surface area (Å²) in [4.78, 5) is 16.9. The fourth-order valence-electron chi connectivity index (χ4n) is 3.95. The van der Waals surface area contributed by atoms with E-state index >= 15 is 0 Å². The molecule has 1 aromatic carbocycles. The van der Waals surface area contributed by atoms with Crippen molar-refractivity contribution in [2.45, 2.75) is 38.6 Å². The van der Waals surface area contributed by atoms with Gasteiger partial charge >= 0.3 is 0 Å². The van der Waals surface area contributed by atoms with Gasteiger partial charge in [-0.3, -0.25) is 9.69 Å². The number of benzene rings is 1. The molecule has 156 valence electrons. The van der Waals surface area contributed by atoms with Gasteiger partial charge in [0, 0.05) is 44.7 Å². The predicted molar refractivity (Wildman–Crippen MR) is 118 cm³/mol. The molecule has 0 radical (unpaired) electrons. The molecule has 1 saturated carbocycles. The molecule has 2 fully saturated rings. The Kier molecular flexibility index (Phi) is 8.27. The molecule has 2 aliphatic rings. The Labute approximate surface area is 178 Å². The number of amides is 1. The molecule has 0 atom stereocenters. The average molecular weight is 427 g/mol. The van der Waals surface area contributed by atoms with E-state index in [1.807, 2.05) is 18.2 Å². The van der Waals surface area contributed by atoms with Gasteiger partial charge < -0.3 is 15.5 Å². The number of piperazine rings is 1. The van der Waals surface area contributed by atoms with Gasteiger partial charge in [-0.05, 0) is 50.9 Å². The monoisotopic (exact) mass is 426 g/mol. The number of halogens is 2. The van der Waals surface area contributed by atoms with Crippen LogP contribution in [0.15, 0.2) is 18.2 Å². The van der Waals surface area contributed by atoms with E-state index in [-0.39, 0.29) is 11.8 Å². The second-order valence-electron chi connectivity index (χ2n) is 7.87. The van der Waals surface area contributed by atoms with Crippen LogP contribution in [0.3, 0.4) is 0 Å². The van der Waals surface area contributed by atoms with Crippen LogP contribution in [0.5, 0.6) is 0 Å².